The van der Waals surface area contributed by atoms with Gasteiger partial charge in [-0.15, -0.1) is 47.1 Å². The van der Waals surface area contributed by atoms with Crippen LogP contribution in [-0.2, 0) is 11.3 Å². The van der Waals surface area contributed by atoms with Gasteiger partial charge in [-0.1, -0.05) is 18.2 Å². The molecule has 0 radical (unpaired) electrons. The van der Waals surface area contributed by atoms with Crippen molar-refractivity contribution >= 4 is 58.9 Å². The third kappa shape index (κ3) is 8.78. The first-order chi connectivity index (χ1) is 13.0. The standard InChI is InChI=1S/C19H27N5OS2.HI/c1-14-15(2)27-17(23-14)12-21-19(22-13-18(25)24(3)4)20-10-11-26-16-8-6-5-7-9-16;/h5-9H,10-13H2,1-4H3,(H2,20,21,22);1H. The second kappa shape index (κ2) is 13.0. The van der Waals surface area contributed by atoms with Gasteiger partial charge in [-0.3, -0.25) is 4.79 Å². The summed E-state index contributed by atoms with van der Waals surface area (Å²) in [6.45, 7) is 5.54. The van der Waals surface area contributed by atoms with E-state index in [1.54, 1.807) is 42.1 Å². The fourth-order valence-electron chi connectivity index (χ4n) is 2.09. The summed E-state index contributed by atoms with van der Waals surface area (Å²) < 4.78 is 0. The Bertz CT molecular complexity index is 745. The number of nitrogens with zero attached hydrogens (tertiary/aromatic N) is 3. The summed E-state index contributed by atoms with van der Waals surface area (Å²) in [5.41, 5.74) is 1.06. The van der Waals surface area contributed by atoms with Crippen LogP contribution >= 0.6 is 47.1 Å². The van der Waals surface area contributed by atoms with Gasteiger partial charge in [0.1, 0.15) is 11.6 Å². The van der Waals surface area contributed by atoms with E-state index in [0.29, 0.717) is 12.5 Å². The summed E-state index contributed by atoms with van der Waals surface area (Å²) in [5.74, 6) is 1.50. The minimum absolute atomic E-state index is 0. The van der Waals surface area contributed by atoms with Crippen molar-refractivity contribution in [1.29, 1.82) is 0 Å². The Balaban J connectivity index is 0.00000392. The van der Waals surface area contributed by atoms with Crippen LogP contribution in [0.15, 0.2) is 40.2 Å². The van der Waals surface area contributed by atoms with E-state index in [1.807, 2.05) is 25.1 Å². The highest BCUT2D eigenvalue weighted by molar-refractivity contribution is 14.0. The minimum atomic E-state index is -0.0318. The highest BCUT2D eigenvalue weighted by atomic mass is 127. The van der Waals surface area contributed by atoms with Crippen LogP contribution < -0.4 is 10.6 Å². The van der Waals surface area contributed by atoms with Gasteiger partial charge in [0, 0.05) is 36.2 Å². The molecule has 0 unspecified atom stereocenters. The Morgan fingerprint density at radius 1 is 1.21 bits per heavy atom. The van der Waals surface area contributed by atoms with Crippen LogP contribution in [0.5, 0.6) is 0 Å². The zero-order valence-corrected chi connectivity index (χ0v) is 20.7. The number of aliphatic imine (C=N–C) groups is 1. The molecule has 0 aliphatic heterocycles. The maximum absolute atomic E-state index is 11.8. The van der Waals surface area contributed by atoms with Crippen molar-refractivity contribution in [2.45, 2.75) is 25.3 Å². The van der Waals surface area contributed by atoms with E-state index in [1.165, 1.54) is 9.77 Å². The van der Waals surface area contributed by atoms with Gasteiger partial charge >= 0.3 is 0 Å². The van der Waals surface area contributed by atoms with Crippen LogP contribution in [0.3, 0.4) is 0 Å². The Morgan fingerprint density at radius 3 is 2.54 bits per heavy atom. The lowest BCUT2D eigenvalue weighted by Gasteiger charge is -2.13. The number of amides is 1. The summed E-state index contributed by atoms with van der Waals surface area (Å²) in [7, 11) is 3.46. The Kier molecular flexibility index (Phi) is 11.5. The molecule has 0 saturated carbocycles. The zero-order chi connectivity index (χ0) is 19.6. The number of aromatic nitrogens is 1. The van der Waals surface area contributed by atoms with Crippen LogP contribution in [0.2, 0.25) is 0 Å². The van der Waals surface area contributed by atoms with E-state index in [2.05, 4.69) is 39.7 Å². The number of likely N-dealkylation sites (N-methyl/N-ethyl adjacent to an activating group) is 1. The van der Waals surface area contributed by atoms with Crippen molar-refractivity contribution in [2.75, 3.05) is 32.9 Å². The van der Waals surface area contributed by atoms with E-state index >= 15 is 0 Å². The summed E-state index contributed by atoms with van der Waals surface area (Å²) in [5, 5.41) is 7.59. The lowest BCUT2D eigenvalue weighted by Crippen LogP contribution is -2.39. The molecule has 28 heavy (non-hydrogen) atoms. The summed E-state index contributed by atoms with van der Waals surface area (Å²) in [6.07, 6.45) is 0. The van der Waals surface area contributed by atoms with Crippen molar-refractivity contribution in [3.8, 4) is 0 Å². The lowest BCUT2D eigenvalue weighted by atomic mass is 10.4. The first-order valence-corrected chi connectivity index (χ1v) is 10.6. The van der Waals surface area contributed by atoms with Gasteiger partial charge in [0.2, 0.25) is 5.91 Å². The number of hydrogen-bond donors (Lipinski definition) is 2. The van der Waals surface area contributed by atoms with Gasteiger partial charge in [-0.25, -0.2) is 9.98 Å². The second-order valence-electron chi connectivity index (χ2n) is 6.14. The van der Waals surface area contributed by atoms with E-state index in [9.17, 15) is 4.79 Å². The van der Waals surface area contributed by atoms with E-state index in [4.69, 9.17) is 0 Å². The number of nitrogens with one attached hydrogen (secondary N) is 2. The maximum atomic E-state index is 11.8. The fraction of sp³-hybridized carbons (Fsp3) is 0.421. The molecular weight excluding hydrogens is 505 g/mol. The van der Waals surface area contributed by atoms with E-state index in [0.717, 1.165) is 23.0 Å². The SMILES string of the molecule is Cc1nc(CNC(=NCC(=O)N(C)C)NCCSc2ccccc2)sc1C.I. The second-order valence-corrected chi connectivity index (χ2v) is 8.60. The zero-order valence-electron chi connectivity index (χ0n) is 16.7. The number of thiazole rings is 1. The molecule has 1 heterocycles. The molecule has 1 amide bonds. The van der Waals surface area contributed by atoms with Gasteiger partial charge in [0.05, 0.1) is 12.2 Å². The molecule has 1 aromatic heterocycles. The van der Waals surface area contributed by atoms with E-state index in [-0.39, 0.29) is 36.4 Å². The average Bonchev–Trinajstić information content (AvgIpc) is 2.98. The first kappa shape index (κ1) is 24.7. The Hall–Kier alpha value is -1.33. The highest BCUT2D eigenvalue weighted by Crippen LogP contribution is 2.16. The molecule has 0 saturated heterocycles. The van der Waals surface area contributed by atoms with Crippen molar-refractivity contribution in [3.05, 3.63) is 45.9 Å². The largest absolute Gasteiger partial charge is 0.356 e. The number of thioether (sulfide) groups is 1. The molecule has 154 valence electrons. The lowest BCUT2D eigenvalue weighted by molar-refractivity contribution is -0.127. The van der Waals surface area contributed by atoms with Crippen LogP contribution in [0.25, 0.3) is 0 Å². The topological polar surface area (TPSA) is 69.6 Å². The maximum Gasteiger partial charge on any atom is 0.243 e. The molecule has 0 aliphatic rings. The van der Waals surface area contributed by atoms with Gasteiger partial charge in [0.25, 0.3) is 0 Å². The molecule has 9 heteroatoms. The minimum Gasteiger partial charge on any atom is -0.356 e. The number of halogens is 1. The van der Waals surface area contributed by atoms with Crippen LogP contribution in [0, 0.1) is 13.8 Å². The summed E-state index contributed by atoms with van der Waals surface area (Å²) in [4.78, 5) is 24.8. The molecule has 0 bridgehead atoms. The highest BCUT2D eigenvalue weighted by Gasteiger charge is 2.07. The molecule has 0 aliphatic carbocycles. The van der Waals surface area contributed by atoms with E-state index < -0.39 is 0 Å². The molecular formula is C19H28IN5OS2. The summed E-state index contributed by atoms with van der Waals surface area (Å²) in [6, 6.07) is 10.3. The number of hydrogen-bond acceptors (Lipinski definition) is 5. The third-order valence-electron chi connectivity index (χ3n) is 3.76. The average molecular weight is 534 g/mol. The van der Waals surface area contributed by atoms with Crippen molar-refractivity contribution < 1.29 is 4.79 Å². The van der Waals surface area contributed by atoms with Crippen LogP contribution in [0.4, 0.5) is 0 Å². The smallest absolute Gasteiger partial charge is 0.243 e. The molecule has 0 spiro atoms. The predicted molar refractivity (Wildman–Crippen MR) is 130 cm³/mol. The van der Waals surface area contributed by atoms with Gasteiger partial charge < -0.3 is 15.5 Å². The van der Waals surface area contributed by atoms with Gasteiger partial charge in [-0.2, -0.15) is 0 Å². The fourth-order valence-corrected chi connectivity index (χ4v) is 3.75. The molecule has 2 aromatic rings. The van der Waals surface area contributed by atoms with Crippen LogP contribution in [0.1, 0.15) is 15.6 Å². The first-order valence-electron chi connectivity index (χ1n) is 8.79. The number of benzene rings is 1. The molecule has 6 nitrogen and oxygen atoms in total. The Labute approximate surface area is 192 Å². The van der Waals surface area contributed by atoms with Gasteiger partial charge in [-0.05, 0) is 26.0 Å². The third-order valence-corrected chi connectivity index (χ3v) is 5.84. The monoisotopic (exact) mass is 533 g/mol. The molecule has 2 N–H and O–H groups in total. The van der Waals surface area contributed by atoms with Crippen molar-refractivity contribution in [2.24, 2.45) is 4.99 Å². The molecule has 1 aromatic carbocycles. The number of aryl methyl sites for hydroxylation is 2. The predicted octanol–water partition coefficient (Wildman–Crippen LogP) is 3.29. The number of guanidine groups is 1. The van der Waals surface area contributed by atoms with Crippen molar-refractivity contribution in [3.63, 3.8) is 0 Å². The molecule has 2 rings (SSSR count). The number of carbonyl (C=O) groups excluding carboxylic acids is 1. The number of carbonyl (C=O) groups is 1. The normalized spacial score (nSPS) is 10.9. The molecule has 0 atom stereocenters. The van der Waals surface area contributed by atoms with Crippen molar-refractivity contribution in [1.82, 2.24) is 20.5 Å². The summed E-state index contributed by atoms with van der Waals surface area (Å²) >= 11 is 3.46. The molecule has 0 fully saturated rings. The van der Waals surface area contributed by atoms with Crippen LogP contribution in [-0.4, -0.2) is 54.7 Å². The number of rotatable bonds is 8. The Morgan fingerprint density at radius 2 is 1.93 bits per heavy atom. The van der Waals surface area contributed by atoms with Gasteiger partial charge in [0.15, 0.2) is 5.96 Å². The quantitative estimate of drug-likeness (QED) is 0.179.